The molecule has 20 heavy (non-hydrogen) atoms. The van der Waals surface area contributed by atoms with Gasteiger partial charge in [0.15, 0.2) is 0 Å². The SMILES string of the molecule is CCC1CNC(C(C)(C)C)CN1Cc1ccc(C)nc1. The molecule has 3 nitrogen and oxygen atoms in total. The monoisotopic (exact) mass is 275 g/mol. The molecule has 1 saturated heterocycles. The zero-order valence-electron chi connectivity index (χ0n) is 13.6. The first-order valence-corrected chi connectivity index (χ1v) is 7.79. The topological polar surface area (TPSA) is 28.2 Å². The Hall–Kier alpha value is -0.930. The van der Waals surface area contributed by atoms with Crippen LogP contribution in [0, 0.1) is 12.3 Å². The third-order valence-corrected chi connectivity index (χ3v) is 4.41. The molecular weight excluding hydrogens is 246 g/mol. The van der Waals surface area contributed by atoms with E-state index < -0.39 is 0 Å². The van der Waals surface area contributed by atoms with Gasteiger partial charge >= 0.3 is 0 Å². The van der Waals surface area contributed by atoms with Gasteiger partial charge in [-0.1, -0.05) is 33.8 Å². The van der Waals surface area contributed by atoms with Crippen LogP contribution >= 0.6 is 0 Å². The fourth-order valence-electron chi connectivity index (χ4n) is 2.86. The third-order valence-electron chi connectivity index (χ3n) is 4.41. The Labute approximate surface area is 123 Å². The Kier molecular flexibility index (Phi) is 4.82. The Morgan fingerprint density at radius 3 is 2.65 bits per heavy atom. The second-order valence-electron chi connectivity index (χ2n) is 7.13. The first kappa shape index (κ1) is 15.5. The van der Waals surface area contributed by atoms with Crippen LogP contribution in [0.5, 0.6) is 0 Å². The third kappa shape index (κ3) is 3.80. The maximum absolute atomic E-state index is 4.42. The number of pyridine rings is 1. The van der Waals surface area contributed by atoms with Gasteiger partial charge in [0.1, 0.15) is 0 Å². The smallest absolute Gasteiger partial charge is 0.0372 e. The molecule has 1 aromatic rings. The van der Waals surface area contributed by atoms with Crippen molar-refractivity contribution in [1.29, 1.82) is 0 Å². The fourth-order valence-corrected chi connectivity index (χ4v) is 2.86. The van der Waals surface area contributed by atoms with Gasteiger partial charge in [-0.25, -0.2) is 0 Å². The number of piperazine rings is 1. The minimum atomic E-state index is 0.308. The maximum Gasteiger partial charge on any atom is 0.0372 e. The molecule has 3 heteroatoms. The molecule has 2 unspecified atom stereocenters. The molecule has 0 spiro atoms. The minimum absolute atomic E-state index is 0.308. The average molecular weight is 275 g/mol. The lowest BCUT2D eigenvalue weighted by Crippen LogP contribution is -2.59. The molecular formula is C17H29N3. The molecule has 1 aromatic heterocycles. The molecule has 2 rings (SSSR count). The molecule has 0 radical (unpaired) electrons. The number of aromatic nitrogens is 1. The number of nitrogens with zero attached hydrogens (tertiary/aromatic N) is 2. The highest BCUT2D eigenvalue weighted by molar-refractivity contribution is 5.13. The Balaban J connectivity index is 2.07. The molecule has 1 fully saturated rings. The van der Waals surface area contributed by atoms with Gasteiger partial charge in [-0.3, -0.25) is 9.88 Å². The molecule has 2 heterocycles. The van der Waals surface area contributed by atoms with Crippen LogP contribution in [-0.4, -0.2) is 35.1 Å². The highest BCUT2D eigenvalue weighted by atomic mass is 15.2. The van der Waals surface area contributed by atoms with E-state index in [0.717, 1.165) is 25.3 Å². The Morgan fingerprint density at radius 1 is 1.35 bits per heavy atom. The van der Waals surface area contributed by atoms with E-state index in [-0.39, 0.29) is 0 Å². The van der Waals surface area contributed by atoms with Gasteiger partial charge < -0.3 is 5.32 Å². The number of hydrogen-bond donors (Lipinski definition) is 1. The fraction of sp³-hybridized carbons (Fsp3) is 0.706. The van der Waals surface area contributed by atoms with Crippen LogP contribution in [0.25, 0.3) is 0 Å². The van der Waals surface area contributed by atoms with Crippen molar-refractivity contribution in [2.75, 3.05) is 13.1 Å². The standard InChI is InChI=1S/C17H29N3/c1-6-15-10-19-16(17(3,4)5)12-20(15)11-14-8-7-13(2)18-9-14/h7-9,15-16,19H,6,10-12H2,1-5H3. The van der Waals surface area contributed by atoms with Gasteiger partial charge in [0.2, 0.25) is 0 Å². The van der Waals surface area contributed by atoms with Crippen molar-refractivity contribution < 1.29 is 0 Å². The second-order valence-corrected chi connectivity index (χ2v) is 7.13. The predicted octanol–water partition coefficient (Wildman–Crippen LogP) is 2.99. The number of rotatable bonds is 3. The number of nitrogens with one attached hydrogen (secondary N) is 1. The van der Waals surface area contributed by atoms with E-state index in [1.54, 1.807) is 0 Å². The number of aryl methyl sites for hydroxylation is 1. The summed E-state index contributed by atoms with van der Waals surface area (Å²) in [4.78, 5) is 7.04. The first-order valence-electron chi connectivity index (χ1n) is 7.79. The lowest BCUT2D eigenvalue weighted by atomic mass is 9.84. The zero-order chi connectivity index (χ0) is 14.8. The molecule has 1 N–H and O–H groups in total. The molecule has 0 saturated carbocycles. The number of hydrogen-bond acceptors (Lipinski definition) is 3. The second kappa shape index (κ2) is 6.23. The van der Waals surface area contributed by atoms with E-state index in [1.807, 2.05) is 13.1 Å². The van der Waals surface area contributed by atoms with Crippen molar-refractivity contribution in [3.05, 3.63) is 29.6 Å². The van der Waals surface area contributed by atoms with Crippen molar-refractivity contribution in [2.24, 2.45) is 5.41 Å². The van der Waals surface area contributed by atoms with E-state index in [4.69, 9.17) is 0 Å². The summed E-state index contributed by atoms with van der Waals surface area (Å²) in [6, 6.07) is 5.52. The van der Waals surface area contributed by atoms with E-state index >= 15 is 0 Å². The van der Waals surface area contributed by atoms with Crippen LogP contribution < -0.4 is 5.32 Å². The molecule has 1 aliphatic rings. The van der Waals surface area contributed by atoms with Crippen molar-refractivity contribution in [3.8, 4) is 0 Å². The van der Waals surface area contributed by atoms with Crippen LogP contribution in [0.2, 0.25) is 0 Å². The summed E-state index contributed by atoms with van der Waals surface area (Å²) < 4.78 is 0. The largest absolute Gasteiger partial charge is 0.311 e. The average Bonchev–Trinajstić information content (AvgIpc) is 2.40. The van der Waals surface area contributed by atoms with E-state index in [1.165, 1.54) is 12.0 Å². The van der Waals surface area contributed by atoms with E-state index in [9.17, 15) is 0 Å². The molecule has 0 bridgehead atoms. The van der Waals surface area contributed by atoms with E-state index in [0.29, 0.717) is 17.5 Å². The van der Waals surface area contributed by atoms with Crippen LogP contribution in [0.3, 0.4) is 0 Å². The molecule has 2 atom stereocenters. The molecule has 0 aliphatic carbocycles. The molecule has 1 aliphatic heterocycles. The highest BCUT2D eigenvalue weighted by Crippen LogP contribution is 2.25. The highest BCUT2D eigenvalue weighted by Gasteiger charge is 2.33. The summed E-state index contributed by atoms with van der Waals surface area (Å²) in [7, 11) is 0. The van der Waals surface area contributed by atoms with Gasteiger partial charge in [0.05, 0.1) is 0 Å². The Bertz CT molecular complexity index is 419. The van der Waals surface area contributed by atoms with Crippen molar-refractivity contribution in [2.45, 2.75) is 59.7 Å². The molecule has 112 valence electrons. The summed E-state index contributed by atoms with van der Waals surface area (Å²) >= 11 is 0. The zero-order valence-corrected chi connectivity index (χ0v) is 13.6. The quantitative estimate of drug-likeness (QED) is 0.919. The van der Waals surface area contributed by atoms with E-state index in [2.05, 4.69) is 55.0 Å². The van der Waals surface area contributed by atoms with Crippen LogP contribution in [-0.2, 0) is 6.54 Å². The van der Waals surface area contributed by atoms with Crippen molar-refractivity contribution in [3.63, 3.8) is 0 Å². The van der Waals surface area contributed by atoms with Crippen molar-refractivity contribution >= 4 is 0 Å². The van der Waals surface area contributed by atoms with Gasteiger partial charge in [-0.2, -0.15) is 0 Å². The van der Waals surface area contributed by atoms with Crippen molar-refractivity contribution in [1.82, 2.24) is 15.2 Å². The van der Waals surface area contributed by atoms with Gasteiger partial charge in [0.25, 0.3) is 0 Å². The summed E-state index contributed by atoms with van der Waals surface area (Å²) in [5, 5.41) is 3.73. The molecule has 0 amide bonds. The van der Waals surface area contributed by atoms with Gasteiger partial charge in [-0.15, -0.1) is 0 Å². The Morgan fingerprint density at radius 2 is 2.10 bits per heavy atom. The normalized spacial score (nSPS) is 24.9. The summed E-state index contributed by atoms with van der Waals surface area (Å²) in [5.41, 5.74) is 2.72. The summed E-state index contributed by atoms with van der Waals surface area (Å²) in [5.74, 6) is 0. The minimum Gasteiger partial charge on any atom is -0.311 e. The first-order chi connectivity index (χ1) is 9.40. The van der Waals surface area contributed by atoms with Crippen LogP contribution in [0.4, 0.5) is 0 Å². The summed E-state index contributed by atoms with van der Waals surface area (Å²) in [6.45, 7) is 14.5. The van der Waals surface area contributed by atoms with Gasteiger partial charge in [0, 0.05) is 43.6 Å². The van der Waals surface area contributed by atoms with Crippen LogP contribution in [0.1, 0.15) is 45.4 Å². The maximum atomic E-state index is 4.42. The molecule has 0 aromatic carbocycles. The lowest BCUT2D eigenvalue weighted by molar-refractivity contribution is 0.0774. The lowest BCUT2D eigenvalue weighted by Gasteiger charge is -2.45. The van der Waals surface area contributed by atoms with Crippen LogP contribution in [0.15, 0.2) is 18.3 Å². The summed E-state index contributed by atoms with van der Waals surface area (Å²) in [6.07, 6.45) is 3.22. The van der Waals surface area contributed by atoms with Gasteiger partial charge in [-0.05, 0) is 30.4 Å². The predicted molar refractivity (Wildman–Crippen MR) is 84.7 cm³/mol.